The summed E-state index contributed by atoms with van der Waals surface area (Å²) in [5.74, 6) is -1.44. The van der Waals surface area contributed by atoms with Crippen LogP contribution >= 0.6 is 0 Å². The van der Waals surface area contributed by atoms with Crippen LogP contribution in [0.2, 0.25) is 0 Å². The Morgan fingerprint density at radius 3 is 2.54 bits per heavy atom. The van der Waals surface area contributed by atoms with Gasteiger partial charge in [-0.25, -0.2) is 9.69 Å². The van der Waals surface area contributed by atoms with Gasteiger partial charge in [0, 0.05) is 13.0 Å². The van der Waals surface area contributed by atoms with Crippen molar-refractivity contribution >= 4 is 23.8 Å². The summed E-state index contributed by atoms with van der Waals surface area (Å²) in [7, 11) is 0. The molecule has 0 bridgehead atoms. The summed E-state index contributed by atoms with van der Waals surface area (Å²) in [6.07, 6.45) is 0.634. The van der Waals surface area contributed by atoms with Crippen LogP contribution in [0.5, 0.6) is 0 Å². The lowest BCUT2D eigenvalue weighted by Gasteiger charge is -2.28. The Labute approximate surface area is 150 Å². The average Bonchev–Trinajstić information content (AvgIpc) is 3.27. The molecular weight excluding hydrogens is 338 g/mol. The number of carbonyl (C=O) groups excluding carboxylic acids is 4. The summed E-state index contributed by atoms with van der Waals surface area (Å²) >= 11 is 0. The molecule has 0 saturated carbocycles. The predicted octanol–water partition coefficient (Wildman–Crippen LogP) is 0.790. The lowest BCUT2D eigenvalue weighted by molar-refractivity contribution is -0.143. The normalized spacial score (nSPS) is 22.5. The fraction of sp³-hybridized carbons (Fsp3) is 0.444. The third-order valence-corrected chi connectivity index (χ3v) is 4.76. The van der Waals surface area contributed by atoms with E-state index in [9.17, 15) is 19.2 Å². The molecule has 1 aromatic rings. The fourth-order valence-electron chi connectivity index (χ4n) is 3.45. The molecule has 0 radical (unpaired) electrons. The van der Waals surface area contributed by atoms with Crippen LogP contribution in [0.3, 0.4) is 0 Å². The zero-order chi connectivity index (χ0) is 18.7. The van der Waals surface area contributed by atoms with Gasteiger partial charge in [-0.15, -0.1) is 0 Å². The number of rotatable bonds is 4. The van der Waals surface area contributed by atoms with Gasteiger partial charge >= 0.3 is 6.09 Å². The molecule has 2 N–H and O–H groups in total. The number of amides is 4. The number of hydrogen-bond acceptors (Lipinski definition) is 5. The van der Waals surface area contributed by atoms with Gasteiger partial charge in [-0.05, 0) is 24.8 Å². The Balaban J connectivity index is 1.69. The number of nitrogens with zero attached hydrogens (tertiary/aromatic N) is 2. The Kier molecular flexibility index (Phi) is 5.20. The molecule has 1 aromatic carbocycles. The van der Waals surface area contributed by atoms with Crippen LogP contribution in [0.15, 0.2) is 30.3 Å². The second-order valence-electron chi connectivity index (χ2n) is 6.45. The molecule has 2 aliphatic heterocycles. The maximum Gasteiger partial charge on any atom is 0.417 e. The van der Waals surface area contributed by atoms with Crippen molar-refractivity contribution in [1.82, 2.24) is 9.80 Å². The maximum absolute atomic E-state index is 12.8. The smallest absolute Gasteiger partial charge is 0.417 e. The van der Waals surface area contributed by atoms with Crippen molar-refractivity contribution in [3.05, 3.63) is 35.9 Å². The molecule has 8 nitrogen and oxygen atoms in total. The summed E-state index contributed by atoms with van der Waals surface area (Å²) in [4.78, 5) is 51.1. The summed E-state index contributed by atoms with van der Waals surface area (Å²) in [5.41, 5.74) is 6.13. The van der Waals surface area contributed by atoms with E-state index < -0.39 is 35.9 Å². The lowest BCUT2D eigenvalue weighted by atomic mass is 10.1. The van der Waals surface area contributed by atoms with Gasteiger partial charge in [0.05, 0.1) is 0 Å². The van der Waals surface area contributed by atoms with Crippen LogP contribution in [-0.4, -0.2) is 52.2 Å². The highest BCUT2D eigenvalue weighted by Gasteiger charge is 2.45. The molecule has 3 rings (SSSR count). The summed E-state index contributed by atoms with van der Waals surface area (Å²) in [6.45, 7) is 0.405. The van der Waals surface area contributed by atoms with Crippen molar-refractivity contribution in [3.63, 3.8) is 0 Å². The van der Waals surface area contributed by atoms with E-state index in [1.807, 2.05) is 18.2 Å². The van der Waals surface area contributed by atoms with Gasteiger partial charge in [-0.2, -0.15) is 0 Å². The quantitative estimate of drug-likeness (QED) is 0.855. The molecule has 26 heavy (non-hydrogen) atoms. The number of ether oxygens (including phenoxy) is 1. The van der Waals surface area contributed by atoms with Crippen LogP contribution in [0, 0.1) is 0 Å². The minimum atomic E-state index is -0.939. The minimum absolute atomic E-state index is 0.0119. The Morgan fingerprint density at radius 1 is 1.12 bits per heavy atom. The monoisotopic (exact) mass is 359 g/mol. The molecular formula is C18H21N3O5. The first-order valence-corrected chi connectivity index (χ1v) is 8.61. The molecule has 8 heteroatoms. The Hall–Kier alpha value is -2.90. The highest BCUT2D eigenvalue weighted by molar-refractivity contribution is 6.01. The van der Waals surface area contributed by atoms with Crippen molar-refractivity contribution in [2.45, 2.75) is 44.4 Å². The average molecular weight is 359 g/mol. The van der Waals surface area contributed by atoms with E-state index in [0.717, 1.165) is 10.5 Å². The molecule has 0 spiro atoms. The van der Waals surface area contributed by atoms with Crippen LogP contribution in [0.25, 0.3) is 0 Å². The topological polar surface area (TPSA) is 110 Å². The molecule has 2 aliphatic rings. The number of nitrogens with two attached hydrogens (primary N) is 1. The van der Waals surface area contributed by atoms with Gasteiger partial charge in [0.25, 0.3) is 0 Å². The SMILES string of the molecule is NC(=O)[C@H]1CCCN1C(=O)C1CCC(=O)N1C(=O)OCc1ccccc1. The molecule has 0 aromatic heterocycles. The standard InChI is InChI=1S/C18H21N3O5/c19-16(23)13-7-4-10-20(13)17(24)14-8-9-15(22)21(14)18(25)26-11-12-5-2-1-3-6-12/h1-3,5-6,13-14H,4,7-11H2,(H2,19,23)/t13-,14?/m1/s1. The zero-order valence-electron chi connectivity index (χ0n) is 14.3. The van der Waals surface area contributed by atoms with Crippen LogP contribution in [0.1, 0.15) is 31.2 Å². The number of hydrogen-bond donors (Lipinski definition) is 1. The van der Waals surface area contributed by atoms with Gasteiger partial charge in [0.1, 0.15) is 18.7 Å². The van der Waals surface area contributed by atoms with Gasteiger partial charge in [-0.3, -0.25) is 14.4 Å². The van der Waals surface area contributed by atoms with E-state index in [1.165, 1.54) is 4.90 Å². The highest BCUT2D eigenvalue weighted by atomic mass is 16.6. The molecule has 138 valence electrons. The van der Waals surface area contributed by atoms with Crippen molar-refractivity contribution in [2.75, 3.05) is 6.54 Å². The lowest BCUT2D eigenvalue weighted by Crippen LogP contribution is -2.53. The molecule has 2 saturated heterocycles. The fourth-order valence-corrected chi connectivity index (χ4v) is 3.45. The van der Waals surface area contributed by atoms with E-state index in [-0.39, 0.29) is 19.4 Å². The largest absolute Gasteiger partial charge is 0.444 e. The Morgan fingerprint density at radius 2 is 1.85 bits per heavy atom. The van der Waals surface area contributed by atoms with E-state index in [2.05, 4.69) is 0 Å². The molecule has 2 heterocycles. The first kappa shape index (κ1) is 17.9. The Bertz CT molecular complexity index is 721. The van der Waals surface area contributed by atoms with Crippen LogP contribution < -0.4 is 5.73 Å². The third-order valence-electron chi connectivity index (χ3n) is 4.76. The maximum atomic E-state index is 12.8. The number of primary amides is 1. The van der Waals surface area contributed by atoms with Gasteiger partial charge < -0.3 is 15.4 Å². The minimum Gasteiger partial charge on any atom is -0.444 e. The third kappa shape index (κ3) is 3.54. The molecule has 2 atom stereocenters. The first-order valence-electron chi connectivity index (χ1n) is 8.61. The van der Waals surface area contributed by atoms with Gasteiger partial charge in [-0.1, -0.05) is 30.3 Å². The van der Waals surface area contributed by atoms with Crippen LogP contribution in [-0.2, 0) is 25.7 Å². The van der Waals surface area contributed by atoms with Crippen molar-refractivity contribution < 1.29 is 23.9 Å². The van der Waals surface area contributed by atoms with Crippen molar-refractivity contribution in [1.29, 1.82) is 0 Å². The number of carbonyl (C=O) groups is 4. The van der Waals surface area contributed by atoms with Crippen LogP contribution in [0.4, 0.5) is 4.79 Å². The summed E-state index contributed by atoms with van der Waals surface area (Å²) in [5, 5.41) is 0. The van der Waals surface area contributed by atoms with E-state index in [0.29, 0.717) is 19.4 Å². The number of benzene rings is 1. The molecule has 1 unspecified atom stereocenters. The number of imide groups is 1. The zero-order valence-corrected chi connectivity index (χ0v) is 14.3. The summed E-state index contributed by atoms with van der Waals surface area (Å²) in [6, 6.07) is 7.44. The molecule has 0 aliphatic carbocycles. The van der Waals surface area contributed by atoms with E-state index in [1.54, 1.807) is 12.1 Å². The van der Waals surface area contributed by atoms with Crippen molar-refractivity contribution in [2.24, 2.45) is 5.73 Å². The van der Waals surface area contributed by atoms with E-state index >= 15 is 0 Å². The number of likely N-dealkylation sites (tertiary alicyclic amines) is 2. The highest BCUT2D eigenvalue weighted by Crippen LogP contribution is 2.26. The molecule has 4 amide bonds. The van der Waals surface area contributed by atoms with Gasteiger partial charge in [0.2, 0.25) is 17.7 Å². The second kappa shape index (κ2) is 7.55. The second-order valence-corrected chi connectivity index (χ2v) is 6.45. The molecule has 2 fully saturated rings. The predicted molar refractivity (Wildman–Crippen MR) is 90.4 cm³/mol. The van der Waals surface area contributed by atoms with Crippen molar-refractivity contribution in [3.8, 4) is 0 Å². The first-order chi connectivity index (χ1) is 12.5. The summed E-state index contributed by atoms with van der Waals surface area (Å²) < 4.78 is 5.20. The van der Waals surface area contributed by atoms with E-state index in [4.69, 9.17) is 10.5 Å². The van der Waals surface area contributed by atoms with Gasteiger partial charge in [0.15, 0.2) is 0 Å².